The largest absolute Gasteiger partial charge is 0.316 e. The lowest BCUT2D eigenvalue weighted by molar-refractivity contribution is 0.378. The van der Waals surface area contributed by atoms with Gasteiger partial charge in [0.2, 0.25) is 0 Å². The summed E-state index contributed by atoms with van der Waals surface area (Å²) < 4.78 is 1.28. The van der Waals surface area contributed by atoms with Crippen molar-refractivity contribution in [3.05, 3.63) is 20.8 Å². The molecule has 0 saturated heterocycles. The van der Waals surface area contributed by atoms with Gasteiger partial charge in [-0.2, -0.15) is 0 Å². The third-order valence-electron chi connectivity index (χ3n) is 3.44. The molecule has 1 aromatic heterocycles. The Balaban J connectivity index is 1.98. The van der Waals surface area contributed by atoms with Crippen LogP contribution in [0.5, 0.6) is 0 Å². The maximum atomic E-state index is 3.62. The molecule has 1 nitrogen and oxygen atoms in total. The van der Waals surface area contributed by atoms with E-state index >= 15 is 0 Å². The maximum absolute atomic E-state index is 3.62. The van der Waals surface area contributed by atoms with Crippen LogP contribution in [0.3, 0.4) is 0 Å². The van der Waals surface area contributed by atoms with Crippen molar-refractivity contribution in [2.75, 3.05) is 7.05 Å². The summed E-state index contributed by atoms with van der Waals surface area (Å²) in [6.45, 7) is 0. The number of hydrogen-bond acceptors (Lipinski definition) is 2. The molecule has 84 valence electrons. The molecule has 0 aromatic carbocycles. The summed E-state index contributed by atoms with van der Waals surface area (Å²) in [6, 6.07) is 2.82. The molecule has 1 aliphatic carbocycles. The zero-order chi connectivity index (χ0) is 10.7. The first-order chi connectivity index (χ1) is 7.31. The fraction of sp³-hybridized carbons (Fsp3) is 0.667. The molecule has 0 bridgehead atoms. The van der Waals surface area contributed by atoms with Gasteiger partial charge < -0.3 is 5.32 Å². The Morgan fingerprint density at radius 3 is 2.80 bits per heavy atom. The van der Waals surface area contributed by atoms with Gasteiger partial charge in [0.1, 0.15) is 0 Å². The summed E-state index contributed by atoms with van der Waals surface area (Å²) in [5.74, 6) is 0.893. The summed E-state index contributed by atoms with van der Waals surface area (Å²) in [5.41, 5.74) is 0. The van der Waals surface area contributed by atoms with Gasteiger partial charge in [-0.05, 0) is 59.6 Å². The number of likely N-dealkylation sites (N-methyl/N-ethyl adjacent to an activating group) is 1. The molecular formula is C12H18BrNS. The second-order valence-electron chi connectivity index (χ2n) is 4.34. The molecule has 1 atom stereocenters. The number of hydrogen-bond donors (Lipinski definition) is 1. The van der Waals surface area contributed by atoms with Gasteiger partial charge in [-0.15, -0.1) is 11.3 Å². The van der Waals surface area contributed by atoms with E-state index in [0.717, 1.165) is 5.92 Å². The fourth-order valence-electron chi connectivity index (χ4n) is 2.53. The summed E-state index contributed by atoms with van der Waals surface area (Å²) in [4.78, 5) is 1.49. The minimum absolute atomic E-state index is 0.669. The van der Waals surface area contributed by atoms with Gasteiger partial charge in [-0.1, -0.05) is 12.8 Å². The van der Waals surface area contributed by atoms with E-state index in [0.29, 0.717) is 6.04 Å². The summed E-state index contributed by atoms with van der Waals surface area (Å²) >= 11 is 5.48. The normalized spacial score (nSPS) is 19.6. The van der Waals surface area contributed by atoms with Crippen LogP contribution in [0.2, 0.25) is 0 Å². The third kappa shape index (κ3) is 2.83. The monoisotopic (exact) mass is 287 g/mol. The average Bonchev–Trinajstić information content (AvgIpc) is 2.86. The van der Waals surface area contributed by atoms with Crippen molar-refractivity contribution in [3.8, 4) is 0 Å². The van der Waals surface area contributed by atoms with E-state index in [2.05, 4.69) is 39.7 Å². The second kappa shape index (κ2) is 5.46. The van der Waals surface area contributed by atoms with Crippen molar-refractivity contribution in [3.63, 3.8) is 0 Å². The van der Waals surface area contributed by atoms with Gasteiger partial charge in [-0.3, -0.25) is 0 Å². The van der Waals surface area contributed by atoms with Crippen molar-refractivity contribution in [2.45, 2.75) is 38.1 Å². The predicted molar refractivity (Wildman–Crippen MR) is 70.5 cm³/mol. The Bertz CT molecular complexity index is 304. The van der Waals surface area contributed by atoms with Crippen LogP contribution in [0.4, 0.5) is 0 Å². The quantitative estimate of drug-likeness (QED) is 0.888. The molecule has 0 aliphatic heterocycles. The Labute approximate surface area is 104 Å². The lowest BCUT2D eigenvalue weighted by atomic mass is 9.95. The summed E-state index contributed by atoms with van der Waals surface area (Å²) in [7, 11) is 2.10. The molecular weight excluding hydrogens is 270 g/mol. The Hall–Kier alpha value is 0.140. The zero-order valence-corrected chi connectivity index (χ0v) is 11.5. The molecule has 15 heavy (non-hydrogen) atoms. The van der Waals surface area contributed by atoms with Gasteiger partial charge >= 0.3 is 0 Å². The molecule has 2 rings (SSSR count). The van der Waals surface area contributed by atoms with Gasteiger partial charge in [0.25, 0.3) is 0 Å². The smallest absolute Gasteiger partial charge is 0.0314 e. The van der Waals surface area contributed by atoms with Crippen LogP contribution < -0.4 is 5.32 Å². The molecule has 1 fully saturated rings. The van der Waals surface area contributed by atoms with E-state index in [1.54, 1.807) is 0 Å². The van der Waals surface area contributed by atoms with Crippen LogP contribution in [0, 0.1) is 5.92 Å². The molecule has 1 N–H and O–H groups in total. The third-order valence-corrected chi connectivity index (χ3v) is 5.38. The number of rotatable bonds is 4. The van der Waals surface area contributed by atoms with E-state index in [4.69, 9.17) is 0 Å². The molecule has 1 aromatic rings. The average molecular weight is 288 g/mol. The highest BCUT2D eigenvalue weighted by atomic mass is 79.9. The fourth-order valence-corrected chi connectivity index (χ4v) is 4.11. The van der Waals surface area contributed by atoms with Crippen LogP contribution in [-0.2, 0) is 6.42 Å². The Kier molecular flexibility index (Phi) is 4.23. The van der Waals surface area contributed by atoms with Crippen molar-refractivity contribution in [2.24, 2.45) is 5.92 Å². The van der Waals surface area contributed by atoms with E-state index in [9.17, 15) is 0 Å². The Morgan fingerprint density at radius 1 is 1.53 bits per heavy atom. The standard InChI is InChI=1S/C12H18BrNS/c1-14-11(9-4-2-3-5-9)8-12-10(13)6-7-15-12/h6-7,9,11,14H,2-5,8H2,1H3. The lowest BCUT2D eigenvalue weighted by Gasteiger charge is -2.22. The van der Waals surface area contributed by atoms with Crippen molar-refractivity contribution < 1.29 is 0 Å². The van der Waals surface area contributed by atoms with Crippen molar-refractivity contribution in [1.29, 1.82) is 0 Å². The van der Waals surface area contributed by atoms with E-state index in [-0.39, 0.29) is 0 Å². The minimum atomic E-state index is 0.669. The van der Waals surface area contributed by atoms with E-state index in [1.165, 1.54) is 41.5 Å². The highest BCUT2D eigenvalue weighted by molar-refractivity contribution is 9.10. The highest BCUT2D eigenvalue weighted by Gasteiger charge is 2.24. The van der Waals surface area contributed by atoms with Crippen LogP contribution in [0.25, 0.3) is 0 Å². The van der Waals surface area contributed by atoms with Crippen LogP contribution in [0.1, 0.15) is 30.6 Å². The number of nitrogens with one attached hydrogen (secondary N) is 1. The first-order valence-electron chi connectivity index (χ1n) is 5.70. The second-order valence-corrected chi connectivity index (χ2v) is 6.19. The number of halogens is 1. The van der Waals surface area contributed by atoms with Crippen LogP contribution in [-0.4, -0.2) is 13.1 Å². The molecule has 0 amide bonds. The topological polar surface area (TPSA) is 12.0 Å². The molecule has 1 saturated carbocycles. The molecule has 0 radical (unpaired) electrons. The predicted octanol–water partition coefficient (Wildman–Crippen LogP) is 3.83. The van der Waals surface area contributed by atoms with Gasteiger partial charge in [0.05, 0.1) is 0 Å². The first-order valence-corrected chi connectivity index (χ1v) is 7.37. The zero-order valence-electron chi connectivity index (χ0n) is 9.13. The van der Waals surface area contributed by atoms with Crippen molar-refractivity contribution >= 4 is 27.3 Å². The molecule has 1 unspecified atom stereocenters. The van der Waals surface area contributed by atoms with Gasteiger partial charge in [-0.25, -0.2) is 0 Å². The van der Waals surface area contributed by atoms with Crippen LogP contribution in [0.15, 0.2) is 15.9 Å². The van der Waals surface area contributed by atoms with Crippen LogP contribution >= 0.6 is 27.3 Å². The molecule has 0 spiro atoms. The first kappa shape index (κ1) is 11.6. The molecule has 1 aliphatic rings. The molecule has 1 heterocycles. The van der Waals surface area contributed by atoms with Gasteiger partial charge in [0.15, 0.2) is 0 Å². The summed E-state index contributed by atoms with van der Waals surface area (Å²) in [5, 5.41) is 5.66. The SMILES string of the molecule is CNC(Cc1sccc1Br)C1CCCC1. The minimum Gasteiger partial charge on any atom is -0.316 e. The van der Waals surface area contributed by atoms with E-state index < -0.39 is 0 Å². The van der Waals surface area contributed by atoms with Gasteiger partial charge in [0, 0.05) is 15.4 Å². The molecule has 3 heteroatoms. The maximum Gasteiger partial charge on any atom is 0.0314 e. The summed E-state index contributed by atoms with van der Waals surface area (Å²) in [6.07, 6.45) is 6.85. The van der Waals surface area contributed by atoms with E-state index in [1.807, 2.05) is 11.3 Å². The lowest BCUT2D eigenvalue weighted by Crippen LogP contribution is -2.34. The number of thiophene rings is 1. The highest BCUT2D eigenvalue weighted by Crippen LogP contribution is 2.31. The Morgan fingerprint density at radius 2 is 2.27 bits per heavy atom. The van der Waals surface area contributed by atoms with Crippen molar-refractivity contribution in [1.82, 2.24) is 5.32 Å².